The summed E-state index contributed by atoms with van der Waals surface area (Å²) in [5.41, 5.74) is -0.00956. The number of terminal acetylenes is 1. The number of rotatable bonds is 7. The minimum Gasteiger partial charge on any atom is -0.482 e. The molecule has 0 radical (unpaired) electrons. The monoisotopic (exact) mass is 412 g/mol. The summed E-state index contributed by atoms with van der Waals surface area (Å²) >= 11 is 0. The minimum absolute atomic E-state index is 0.00969. The summed E-state index contributed by atoms with van der Waals surface area (Å²) in [5.74, 6) is 1.23. The molecule has 0 heterocycles. The van der Waals surface area contributed by atoms with E-state index in [9.17, 15) is 26.4 Å². The van der Waals surface area contributed by atoms with E-state index < -0.39 is 28.7 Å². The largest absolute Gasteiger partial charge is 0.482 e. The third kappa shape index (κ3) is 6.00. The molecule has 1 amide bonds. The van der Waals surface area contributed by atoms with E-state index in [1.54, 1.807) is 0 Å². The van der Waals surface area contributed by atoms with Crippen LogP contribution in [0.2, 0.25) is 0 Å². The van der Waals surface area contributed by atoms with Gasteiger partial charge in [-0.2, -0.15) is 17.9 Å². The zero-order valence-corrected chi connectivity index (χ0v) is 15.1. The van der Waals surface area contributed by atoms with Crippen LogP contribution in [-0.2, 0) is 10.0 Å². The lowest BCUT2D eigenvalue weighted by molar-refractivity contribution is -0.153. The summed E-state index contributed by atoms with van der Waals surface area (Å²) < 4.78 is 68.1. The van der Waals surface area contributed by atoms with Gasteiger partial charge in [0.25, 0.3) is 5.91 Å². The number of ether oxygens (including phenoxy) is 1. The first-order valence-corrected chi connectivity index (χ1v) is 9.24. The van der Waals surface area contributed by atoms with E-state index in [2.05, 4.69) is 16.0 Å². The molecule has 0 saturated carbocycles. The van der Waals surface area contributed by atoms with Crippen LogP contribution in [0.4, 0.5) is 18.9 Å². The molecule has 0 bridgehead atoms. The Morgan fingerprint density at radius 2 is 1.86 bits per heavy atom. The molecule has 2 rings (SSSR count). The third-order valence-electron chi connectivity index (χ3n) is 3.30. The lowest BCUT2D eigenvalue weighted by Gasteiger charge is -2.14. The molecule has 0 unspecified atom stereocenters. The van der Waals surface area contributed by atoms with Gasteiger partial charge in [-0.25, -0.2) is 8.42 Å². The van der Waals surface area contributed by atoms with E-state index in [4.69, 9.17) is 11.2 Å². The molecule has 0 saturated heterocycles. The van der Waals surface area contributed by atoms with E-state index in [0.29, 0.717) is 0 Å². The second-order valence-electron chi connectivity index (χ2n) is 5.41. The van der Waals surface area contributed by atoms with E-state index >= 15 is 0 Å². The molecule has 0 aliphatic carbocycles. The maximum Gasteiger partial charge on any atom is 0.422 e. The summed E-state index contributed by atoms with van der Waals surface area (Å²) in [7, 11) is -3.91. The number of alkyl halides is 3. The summed E-state index contributed by atoms with van der Waals surface area (Å²) in [5, 5.41) is 2.41. The van der Waals surface area contributed by atoms with Crippen molar-refractivity contribution in [2.24, 2.45) is 0 Å². The zero-order chi connectivity index (χ0) is 20.8. The van der Waals surface area contributed by atoms with E-state index in [1.165, 1.54) is 42.5 Å². The van der Waals surface area contributed by atoms with Crippen molar-refractivity contribution < 1.29 is 31.1 Å². The molecule has 28 heavy (non-hydrogen) atoms. The normalized spacial score (nSPS) is 11.5. The Hall–Kier alpha value is -3.03. The van der Waals surface area contributed by atoms with E-state index in [0.717, 1.165) is 6.07 Å². The Bertz CT molecular complexity index is 998. The molecule has 2 N–H and O–H groups in total. The van der Waals surface area contributed by atoms with E-state index in [1.807, 2.05) is 0 Å². The number of hydrogen-bond donors (Lipinski definition) is 2. The molecular weight excluding hydrogens is 397 g/mol. The van der Waals surface area contributed by atoms with Gasteiger partial charge in [-0.1, -0.05) is 24.1 Å². The van der Waals surface area contributed by atoms with Gasteiger partial charge >= 0.3 is 6.18 Å². The minimum atomic E-state index is -4.54. The molecule has 6 nitrogen and oxygen atoms in total. The summed E-state index contributed by atoms with van der Waals surface area (Å²) in [6, 6.07) is 10.7. The number of sulfonamides is 1. The fourth-order valence-corrected chi connectivity index (χ4v) is 3.05. The summed E-state index contributed by atoms with van der Waals surface area (Å²) in [4.78, 5) is 12.2. The molecule has 2 aromatic rings. The van der Waals surface area contributed by atoms with Crippen LogP contribution in [0, 0.1) is 12.3 Å². The number of carbonyl (C=O) groups is 1. The molecule has 0 aliphatic heterocycles. The number of halogens is 3. The highest BCUT2D eigenvalue weighted by molar-refractivity contribution is 7.89. The zero-order valence-electron chi connectivity index (χ0n) is 14.3. The number of anilines is 1. The standard InChI is InChI=1S/C18H15F3N2O4S/c1-2-10-22-28(25,26)14-7-5-6-13(11-14)17(24)23-15-8-3-4-9-16(15)27-12-18(19,20)21/h1,3-9,11,22H,10,12H2,(H,23,24). The highest BCUT2D eigenvalue weighted by Gasteiger charge is 2.29. The van der Waals surface area contributed by atoms with Crippen molar-refractivity contribution in [2.45, 2.75) is 11.1 Å². The Morgan fingerprint density at radius 3 is 2.54 bits per heavy atom. The van der Waals surface area contributed by atoms with Crippen LogP contribution in [-0.4, -0.2) is 33.7 Å². The van der Waals surface area contributed by atoms with Gasteiger partial charge in [0.05, 0.1) is 17.1 Å². The number of para-hydroxylation sites is 2. The Labute approximate surface area is 159 Å². The molecule has 2 aromatic carbocycles. The molecule has 10 heteroatoms. The highest BCUT2D eigenvalue weighted by atomic mass is 32.2. The van der Waals surface area contributed by atoms with Gasteiger partial charge in [0.2, 0.25) is 10.0 Å². The number of carbonyl (C=O) groups excluding carboxylic acids is 1. The Kier molecular flexibility index (Phi) is 6.66. The van der Waals surface area contributed by atoms with Gasteiger partial charge in [-0.15, -0.1) is 6.42 Å². The van der Waals surface area contributed by atoms with Crippen molar-refractivity contribution in [2.75, 3.05) is 18.5 Å². The predicted molar refractivity (Wildman–Crippen MR) is 96.4 cm³/mol. The number of nitrogens with one attached hydrogen (secondary N) is 2. The lowest BCUT2D eigenvalue weighted by Crippen LogP contribution is -2.24. The van der Waals surface area contributed by atoms with Crippen LogP contribution in [0.15, 0.2) is 53.4 Å². The number of benzene rings is 2. The van der Waals surface area contributed by atoms with Crippen molar-refractivity contribution in [3.05, 3.63) is 54.1 Å². The van der Waals surface area contributed by atoms with E-state index in [-0.39, 0.29) is 28.4 Å². The van der Waals surface area contributed by atoms with Crippen molar-refractivity contribution in [1.29, 1.82) is 0 Å². The van der Waals surface area contributed by atoms with Crippen LogP contribution in [0.5, 0.6) is 5.75 Å². The SMILES string of the molecule is C#CCNS(=O)(=O)c1cccc(C(=O)Nc2ccccc2OCC(F)(F)F)c1. The summed E-state index contributed by atoms with van der Waals surface area (Å²) in [6.45, 7) is -1.74. The van der Waals surface area contributed by atoms with Crippen LogP contribution >= 0.6 is 0 Å². The van der Waals surface area contributed by atoms with Gasteiger partial charge in [-0.3, -0.25) is 4.79 Å². The van der Waals surface area contributed by atoms with Gasteiger partial charge in [0.15, 0.2) is 6.61 Å². The fourth-order valence-electron chi connectivity index (χ4n) is 2.07. The second-order valence-corrected chi connectivity index (χ2v) is 7.18. The van der Waals surface area contributed by atoms with Crippen LogP contribution in [0.3, 0.4) is 0 Å². The quantitative estimate of drug-likeness (QED) is 0.685. The number of amides is 1. The van der Waals surface area contributed by atoms with Crippen molar-refractivity contribution in [1.82, 2.24) is 4.72 Å². The average Bonchev–Trinajstić information content (AvgIpc) is 2.65. The third-order valence-corrected chi connectivity index (χ3v) is 4.70. The Morgan fingerprint density at radius 1 is 1.14 bits per heavy atom. The first-order valence-electron chi connectivity index (χ1n) is 7.75. The smallest absolute Gasteiger partial charge is 0.422 e. The topological polar surface area (TPSA) is 84.5 Å². The van der Waals surface area contributed by atoms with Crippen LogP contribution < -0.4 is 14.8 Å². The lowest BCUT2D eigenvalue weighted by atomic mass is 10.2. The molecule has 0 aliphatic rings. The molecule has 0 spiro atoms. The highest BCUT2D eigenvalue weighted by Crippen LogP contribution is 2.27. The van der Waals surface area contributed by atoms with Gasteiger partial charge in [0, 0.05) is 5.56 Å². The number of hydrogen-bond acceptors (Lipinski definition) is 4. The van der Waals surface area contributed by atoms with Gasteiger partial charge in [-0.05, 0) is 30.3 Å². The predicted octanol–water partition coefficient (Wildman–Crippen LogP) is 2.79. The van der Waals surface area contributed by atoms with Gasteiger partial charge < -0.3 is 10.1 Å². The molecule has 0 aromatic heterocycles. The summed E-state index contributed by atoms with van der Waals surface area (Å²) in [6.07, 6.45) is 0.484. The molecule has 0 atom stereocenters. The Balaban J connectivity index is 2.21. The van der Waals surface area contributed by atoms with Crippen molar-refractivity contribution >= 4 is 21.6 Å². The first-order chi connectivity index (χ1) is 13.1. The van der Waals surface area contributed by atoms with Gasteiger partial charge in [0.1, 0.15) is 5.75 Å². The molecular formula is C18H15F3N2O4S. The van der Waals surface area contributed by atoms with Crippen LogP contribution in [0.25, 0.3) is 0 Å². The van der Waals surface area contributed by atoms with Crippen molar-refractivity contribution in [3.63, 3.8) is 0 Å². The van der Waals surface area contributed by atoms with Crippen molar-refractivity contribution in [3.8, 4) is 18.1 Å². The maximum absolute atomic E-state index is 12.4. The first kappa shape index (κ1) is 21.3. The second kappa shape index (κ2) is 8.77. The fraction of sp³-hybridized carbons (Fsp3) is 0.167. The molecule has 0 fully saturated rings. The molecule has 148 valence electrons. The average molecular weight is 412 g/mol. The maximum atomic E-state index is 12.4. The van der Waals surface area contributed by atoms with Crippen LogP contribution in [0.1, 0.15) is 10.4 Å².